The highest BCUT2D eigenvalue weighted by Crippen LogP contribution is 2.25. The van der Waals surface area contributed by atoms with Gasteiger partial charge in [-0.2, -0.15) is 0 Å². The van der Waals surface area contributed by atoms with Crippen LogP contribution in [0.2, 0.25) is 0 Å². The maximum Gasteiger partial charge on any atom is 0.309 e. The topological polar surface area (TPSA) is 26.3 Å². The number of carbonyl (C=O) groups excluding carboxylic acids is 1. The minimum Gasteiger partial charge on any atom is -0.462 e. The van der Waals surface area contributed by atoms with Crippen molar-refractivity contribution in [2.24, 2.45) is 5.92 Å². The van der Waals surface area contributed by atoms with Gasteiger partial charge in [-0.1, -0.05) is 13.8 Å². The summed E-state index contributed by atoms with van der Waals surface area (Å²) in [6.07, 6.45) is 3.03. The van der Waals surface area contributed by atoms with Crippen LogP contribution in [0.4, 0.5) is 0 Å². The summed E-state index contributed by atoms with van der Waals surface area (Å²) in [4.78, 5) is 11.0. The first-order valence-corrected chi connectivity index (χ1v) is 3.98. The summed E-state index contributed by atoms with van der Waals surface area (Å²) in [5, 5.41) is 0. The number of carbonyl (C=O) groups is 1. The van der Waals surface area contributed by atoms with Gasteiger partial charge in [0, 0.05) is 0 Å². The zero-order valence-corrected chi connectivity index (χ0v) is 6.59. The molecule has 1 saturated heterocycles. The molecule has 0 aromatic heterocycles. The lowest BCUT2D eigenvalue weighted by Crippen LogP contribution is -2.05. The number of hydrogen-bond donors (Lipinski definition) is 0. The van der Waals surface area contributed by atoms with E-state index < -0.39 is 0 Å². The van der Waals surface area contributed by atoms with Crippen molar-refractivity contribution in [2.45, 2.75) is 39.2 Å². The molecule has 0 amide bonds. The van der Waals surface area contributed by atoms with Gasteiger partial charge in [0.1, 0.15) is 6.10 Å². The van der Waals surface area contributed by atoms with Gasteiger partial charge < -0.3 is 4.74 Å². The molecule has 1 heterocycles. The monoisotopic (exact) mass is 142 g/mol. The Balaban J connectivity index is 2.44. The van der Waals surface area contributed by atoms with Crippen LogP contribution in [0, 0.1) is 5.92 Å². The van der Waals surface area contributed by atoms with Gasteiger partial charge in [0.05, 0.1) is 5.92 Å². The Morgan fingerprint density at radius 2 is 2.20 bits per heavy atom. The van der Waals surface area contributed by atoms with Crippen LogP contribution in [-0.2, 0) is 9.53 Å². The number of ether oxygens (including phenoxy) is 1. The Morgan fingerprint density at radius 1 is 1.50 bits per heavy atom. The zero-order chi connectivity index (χ0) is 7.56. The van der Waals surface area contributed by atoms with Crippen molar-refractivity contribution < 1.29 is 9.53 Å². The molecule has 0 spiro atoms. The molecule has 0 aliphatic carbocycles. The van der Waals surface area contributed by atoms with Gasteiger partial charge in [-0.3, -0.25) is 4.79 Å². The second-order valence-corrected chi connectivity index (χ2v) is 2.81. The van der Waals surface area contributed by atoms with Gasteiger partial charge in [0.25, 0.3) is 0 Å². The Bertz CT molecular complexity index is 131. The van der Waals surface area contributed by atoms with E-state index in [0.29, 0.717) is 0 Å². The molecule has 0 aromatic carbocycles. The van der Waals surface area contributed by atoms with E-state index in [1.54, 1.807) is 0 Å². The predicted octanol–water partition coefficient (Wildman–Crippen LogP) is 1.74. The molecule has 2 nitrogen and oxygen atoms in total. The van der Waals surface area contributed by atoms with Crippen LogP contribution in [0.3, 0.4) is 0 Å². The standard InChI is InChI=1S/C8H14O2/c1-3-6-5-7(4-2)10-8(6)9/h6-7H,3-5H2,1-2H3/t6-,7-/m1/s1. The van der Waals surface area contributed by atoms with E-state index in [9.17, 15) is 4.79 Å². The summed E-state index contributed by atoms with van der Waals surface area (Å²) < 4.78 is 5.08. The second-order valence-electron chi connectivity index (χ2n) is 2.81. The summed E-state index contributed by atoms with van der Waals surface area (Å²) in [6.45, 7) is 4.08. The second kappa shape index (κ2) is 3.04. The lowest BCUT2D eigenvalue weighted by molar-refractivity contribution is -0.144. The van der Waals surface area contributed by atoms with E-state index in [1.807, 2.05) is 6.92 Å². The third-order valence-electron chi connectivity index (χ3n) is 2.11. The molecule has 0 unspecified atom stereocenters. The fourth-order valence-electron chi connectivity index (χ4n) is 1.31. The van der Waals surface area contributed by atoms with Crippen LogP contribution in [-0.4, -0.2) is 12.1 Å². The Labute approximate surface area is 61.6 Å². The van der Waals surface area contributed by atoms with Crippen molar-refractivity contribution >= 4 is 5.97 Å². The molecule has 2 atom stereocenters. The van der Waals surface area contributed by atoms with Crippen LogP contribution < -0.4 is 0 Å². The molecule has 0 radical (unpaired) electrons. The maximum absolute atomic E-state index is 11.0. The van der Waals surface area contributed by atoms with Crippen molar-refractivity contribution in [1.82, 2.24) is 0 Å². The molecule has 0 N–H and O–H groups in total. The molecule has 10 heavy (non-hydrogen) atoms. The zero-order valence-electron chi connectivity index (χ0n) is 6.59. The van der Waals surface area contributed by atoms with E-state index in [4.69, 9.17) is 4.74 Å². The number of esters is 1. The average molecular weight is 142 g/mol. The maximum atomic E-state index is 11.0. The van der Waals surface area contributed by atoms with E-state index in [2.05, 4.69) is 6.92 Å². The molecule has 0 aromatic rings. The van der Waals surface area contributed by atoms with Crippen LogP contribution in [0.15, 0.2) is 0 Å². The summed E-state index contributed by atoms with van der Waals surface area (Å²) in [7, 11) is 0. The van der Waals surface area contributed by atoms with Gasteiger partial charge in [-0.25, -0.2) is 0 Å². The summed E-state index contributed by atoms with van der Waals surface area (Å²) in [6, 6.07) is 0. The van der Waals surface area contributed by atoms with Crippen LogP contribution >= 0.6 is 0 Å². The third-order valence-corrected chi connectivity index (χ3v) is 2.11. The van der Waals surface area contributed by atoms with Crippen molar-refractivity contribution in [2.75, 3.05) is 0 Å². The largest absolute Gasteiger partial charge is 0.462 e. The van der Waals surface area contributed by atoms with Gasteiger partial charge in [-0.05, 0) is 19.3 Å². The first-order chi connectivity index (χ1) is 4.77. The average Bonchev–Trinajstić information content (AvgIpc) is 2.30. The number of rotatable bonds is 2. The Kier molecular flexibility index (Phi) is 2.30. The highest BCUT2D eigenvalue weighted by atomic mass is 16.5. The third kappa shape index (κ3) is 1.31. The highest BCUT2D eigenvalue weighted by molar-refractivity contribution is 5.74. The quantitative estimate of drug-likeness (QED) is 0.549. The van der Waals surface area contributed by atoms with Gasteiger partial charge >= 0.3 is 5.97 Å². The summed E-state index contributed by atoms with van der Waals surface area (Å²) in [5.74, 6) is 0.194. The Hall–Kier alpha value is -0.530. The minimum absolute atomic E-state index is 0.00866. The highest BCUT2D eigenvalue weighted by Gasteiger charge is 2.31. The molecule has 0 saturated carbocycles. The minimum atomic E-state index is 0.00866. The normalized spacial score (nSPS) is 32.4. The lowest BCUT2D eigenvalue weighted by Gasteiger charge is -2.01. The number of hydrogen-bond acceptors (Lipinski definition) is 2. The fourth-order valence-corrected chi connectivity index (χ4v) is 1.31. The molecule has 1 aliphatic rings. The number of cyclic esters (lactones) is 1. The molecule has 2 heteroatoms. The van der Waals surface area contributed by atoms with E-state index in [0.717, 1.165) is 19.3 Å². The SMILES string of the molecule is CC[C@@H]1C[C@@H](CC)C(=O)O1. The summed E-state index contributed by atoms with van der Waals surface area (Å²) in [5.41, 5.74) is 0. The first kappa shape index (κ1) is 7.58. The van der Waals surface area contributed by atoms with E-state index >= 15 is 0 Å². The molecule has 58 valence electrons. The van der Waals surface area contributed by atoms with E-state index in [-0.39, 0.29) is 18.0 Å². The van der Waals surface area contributed by atoms with Crippen LogP contribution in [0.1, 0.15) is 33.1 Å². The fraction of sp³-hybridized carbons (Fsp3) is 0.875. The van der Waals surface area contributed by atoms with Crippen LogP contribution in [0.5, 0.6) is 0 Å². The lowest BCUT2D eigenvalue weighted by atomic mass is 10.0. The van der Waals surface area contributed by atoms with Crippen molar-refractivity contribution in [3.05, 3.63) is 0 Å². The molecule has 1 fully saturated rings. The Morgan fingerprint density at radius 3 is 2.50 bits per heavy atom. The predicted molar refractivity (Wildman–Crippen MR) is 38.6 cm³/mol. The van der Waals surface area contributed by atoms with Gasteiger partial charge in [0.2, 0.25) is 0 Å². The van der Waals surface area contributed by atoms with E-state index in [1.165, 1.54) is 0 Å². The van der Waals surface area contributed by atoms with Gasteiger partial charge in [-0.15, -0.1) is 0 Å². The van der Waals surface area contributed by atoms with Crippen LogP contribution in [0.25, 0.3) is 0 Å². The molecule has 0 bridgehead atoms. The molecular formula is C8H14O2. The molecule has 1 aliphatic heterocycles. The van der Waals surface area contributed by atoms with Crippen molar-refractivity contribution in [3.63, 3.8) is 0 Å². The molecular weight excluding hydrogens is 128 g/mol. The summed E-state index contributed by atoms with van der Waals surface area (Å²) >= 11 is 0. The van der Waals surface area contributed by atoms with Crippen molar-refractivity contribution in [1.29, 1.82) is 0 Å². The first-order valence-electron chi connectivity index (χ1n) is 3.98. The smallest absolute Gasteiger partial charge is 0.309 e. The van der Waals surface area contributed by atoms with Crippen molar-refractivity contribution in [3.8, 4) is 0 Å². The molecule has 1 rings (SSSR count). The van der Waals surface area contributed by atoms with Gasteiger partial charge in [0.15, 0.2) is 0 Å².